The first-order valence-corrected chi connectivity index (χ1v) is 6.45. The van der Waals surface area contributed by atoms with Gasteiger partial charge in [-0.05, 0) is 36.5 Å². The van der Waals surface area contributed by atoms with Crippen LogP contribution in [0.5, 0.6) is 0 Å². The van der Waals surface area contributed by atoms with Gasteiger partial charge in [-0.15, -0.1) is 0 Å². The molecule has 2 nitrogen and oxygen atoms in total. The van der Waals surface area contributed by atoms with Crippen molar-refractivity contribution in [3.63, 3.8) is 0 Å². The van der Waals surface area contributed by atoms with Crippen molar-refractivity contribution in [3.8, 4) is 0 Å². The third-order valence-electron chi connectivity index (χ3n) is 3.95. The smallest absolute Gasteiger partial charge is 0.0705 e. The number of hydrogen-bond acceptors (Lipinski definition) is 2. The molecule has 1 fully saturated rings. The molecule has 1 aliphatic rings. The summed E-state index contributed by atoms with van der Waals surface area (Å²) < 4.78 is 0. The number of nitrogens with zero attached hydrogens (tertiary/aromatic N) is 1. The molecule has 0 saturated heterocycles. The average Bonchev–Trinajstić information content (AvgIpc) is 2.91. The molecule has 0 spiro atoms. The van der Waals surface area contributed by atoms with Crippen molar-refractivity contribution >= 4 is 10.9 Å². The van der Waals surface area contributed by atoms with Crippen molar-refractivity contribution in [1.82, 2.24) is 4.98 Å². The summed E-state index contributed by atoms with van der Waals surface area (Å²) in [4.78, 5) is 4.40. The molecule has 2 aromatic rings. The predicted octanol–water partition coefficient (Wildman–Crippen LogP) is 3.42. The fourth-order valence-corrected chi connectivity index (χ4v) is 2.98. The average molecular weight is 226 g/mol. The van der Waals surface area contributed by atoms with Crippen molar-refractivity contribution in [3.05, 3.63) is 42.1 Å². The van der Waals surface area contributed by atoms with Crippen LogP contribution in [0.2, 0.25) is 0 Å². The van der Waals surface area contributed by atoms with Gasteiger partial charge < -0.3 is 5.73 Å². The Morgan fingerprint density at radius 1 is 1.12 bits per heavy atom. The minimum atomic E-state index is 0.172. The van der Waals surface area contributed by atoms with Crippen molar-refractivity contribution in [1.29, 1.82) is 0 Å². The van der Waals surface area contributed by atoms with E-state index in [-0.39, 0.29) is 6.04 Å². The van der Waals surface area contributed by atoms with E-state index in [0.29, 0.717) is 5.92 Å². The maximum absolute atomic E-state index is 6.44. The normalized spacial score (nSPS) is 18.6. The molecule has 0 aliphatic heterocycles. The molecule has 2 heteroatoms. The Labute approximate surface area is 102 Å². The molecule has 1 aromatic heterocycles. The van der Waals surface area contributed by atoms with Gasteiger partial charge in [0.25, 0.3) is 0 Å². The second kappa shape index (κ2) is 4.46. The molecule has 1 atom stereocenters. The van der Waals surface area contributed by atoms with Crippen LogP contribution in [0.15, 0.2) is 36.5 Å². The van der Waals surface area contributed by atoms with E-state index in [0.717, 1.165) is 5.52 Å². The number of rotatable bonds is 2. The Hall–Kier alpha value is -1.41. The Kier molecular flexibility index (Phi) is 2.81. The molecule has 1 aromatic carbocycles. The highest BCUT2D eigenvalue weighted by Crippen LogP contribution is 2.36. The third-order valence-corrected chi connectivity index (χ3v) is 3.95. The van der Waals surface area contributed by atoms with Crippen LogP contribution in [-0.2, 0) is 0 Å². The molecule has 1 saturated carbocycles. The highest BCUT2D eigenvalue weighted by atomic mass is 14.7. The van der Waals surface area contributed by atoms with E-state index in [1.54, 1.807) is 0 Å². The fraction of sp³-hybridized carbons (Fsp3) is 0.400. The lowest BCUT2D eigenvalue weighted by Gasteiger charge is -2.20. The van der Waals surface area contributed by atoms with Gasteiger partial charge in [0, 0.05) is 17.6 Å². The molecule has 0 radical (unpaired) electrons. The fourth-order valence-electron chi connectivity index (χ4n) is 2.98. The quantitative estimate of drug-likeness (QED) is 0.852. The van der Waals surface area contributed by atoms with Crippen LogP contribution in [-0.4, -0.2) is 4.98 Å². The zero-order valence-electron chi connectivity index (χ0n) is 9.97. The maximum atomic E-state index is 6.44. The highest BCUT2D eigenvalue weighted by molar-refractivity contribution is 5.82. The van der Waals surface area contributed by atoms with Gasteiger partial charge in [-0.1, -0.05) is 31.0 Å². The summed E-state index contributed by atoms with van der Waals surface area (Å²) in [5.74, 6) is 0.654. The summed E-state index contributed by atoms with van der Waals surface area (Å²) in [6, 6.07) is 10.5. The second-order valence-corrected chi connectivity index (χ2v) is 4.99. The summed E-state index contributed by atoms with van der Waals surface area (Å²) in [6.45, 7) is 0. The van der Waals surface area contributed by atoms with Crippen molar-refractivity contribution in [2.24, 2.45) is 11.7 Å². The number of pyridine rings is 1. The number of aromatic nitrogens is 1. The number of fused-ring (bicyclic) bond motifs is 1. The van der Waals surface area contributed by atoms with E-state index < -0.39 is 0 Å². The monoisotopic (exact) mass is 226 g/mol. The zero-order chi connectivity index (χ0) is 11.7. The van der Waals surface area contributed by atoms with Gasteiger partial charge in [0.2, 0.25) is 0 Å². The van der Waals surface area contributed by atoms with Gasteiger partial charge in [0.05, 0.1) is 5.52 Å². The molecule has 88 valence electrons. The minimum absolute atomic E-state index is 0.172. The standard InChI is InChI=1S/C15H18N2/c16-15(11-5-1-2-6-11)13-9-10-17-14-8-4-3-7-12(13)14/h3-4,7-11,15H,1-2,5-6,16H2/t15-/m0/s1. The Morgan fingerprint density at radius 2 is 1.88 bits per heavy atom. The maximum Gasteiger partial charge on any atom is 0.0705 e. The number of benzene rings is 1. The Morgan fingerprint density at radius 3 is 2.71 bits per heavy atom. The lowest BCUT2D eigenvalue weighted by Crippen LogP contribution is -2.19. The number of nitrogens with two attached hydrogens (primary N) is 1. The molecular weight excluding hydrogens is 208 g/mol. The highest BCUT2D eigenvalue weighted by Gasteiger charge is 2.24. The summed E-state index contributed by atoms with van der Waals surface area (Å²) >= 11 is 0. The van der Waals surface area contributed by atoms with E-state index >= 15 is 0 Å². The van der Waals surface area contributed by atoms with Gasteiger partial charge >= 0.3 is 0 Å². The van der Waals surface area contributed by atoms with Gasteiger partial charge in [-0.3, -0.25) is 4.98 Å². The second-order valence-electron chi connectivity index (χ2n) is 4.99. The Bertz CT molecular complexity index is 510. The molecular formula is C15H18N2. The van der Waals surface area contributed by atoms with Gasteiger partial charge in [-0.2, -0.15) is 0 Å². The lowest BCUT2D eigenvalue weighted by atomic mass is 9.90. The van der Waals surface area contributed by atoms with Crippen molar-refractivity contribution in [2.75, 3.05) is 0 Å². The Balaban J connectivity index is 2.04. The van der Waals surface area contributed by atoms with Crippen LogP contribution in [0, 0.1) is 5.92 Å². The van der Waals surface area contributed by atoms with Crippen LogP contribution < -0.4 is 5.73 Å². The third kappa shape index (κ3) is 1.93. The van der Waals surface area contributed by atoms with Crippen LogP contribution in [0.25, 0.3) is 10.9 Å². The van der Waals surface area contributed by atoms with Crippen LogP contribution >= 0.6 is 0 Å². The lowest BCUT2D eigenvalue weighted by molar-refractivity contribution is 0.447. The largest absolute Gasteiger partial charge is 0.324 e. The molecule has 17 heavy (non-hydrogen) atoms. The summed E-state index contributed by atoms with van der Waals surface area (Å²) in [7, 11) is 0. The molecule has 0 bridgehead atoms. The number of hydrogen-bond donors (Lipinski definition) is 1. The summed E-state index contributed by atoms with van der Waals surface area (Å²) in [5.41, 5.74) is 8.76. The zero-order valence-corrected chi connectivity index (χ0v) is 9.97. The van der Waals surface area contributed by atoms with E-state index in [1.165, 1.54) is 36.6 Å². The first-order valence-electron chi connectivity index (χ1n) is 6.45. The first-order chi connectivity index (χ1) is 8.36. The molecule has 1 heterocycles. The van der Waals surface area contributed by atoms with Crippen LogP contribution in [0.1, 0.15) is 37.3 Å². The van der Waals surface area contributed by atoms with Crippen LogP contribution in [0.4, 0.5) is 0 Å². The van der Waals surface area contributed by atoms with E-state index in [2.05, 4.69) is 29.2 Å². The summed E-state index contributed by atoms with van der Waals surface area (Å²) in [5, 5.41) is 1.22. The SMILES string of the molecule is N[C@H](c1ccnc2ccccc12)C1CCCC1. The van der Waals surface area contributed by atoms with E-state index in [9.17, 15) is 0 Å². The van der Waals surface area contributed by atoms with Crippen molar-refractivity contribution < 1.29 is 0 Å². The van der Waals surface area contributed by atoms with Crippen molar-refractivity contribution in [2.45, 2.75) is 31.7 Å². The van der Waals surface area contributed by atoms with Gasteiger partial charge in [0.1, 0.15) is 0 Å². The van der Waals surface area contributed by atoms with Crippen LogP contribution in [0.3, 0.4) is 0 Å². The van der Waals surface area contributed by atoms with Gasteiger partial charge in [-0.25, -0.2) is 0 Å². The van der Waals surface area contributed by atoms with E-state index in [1.807, 2.05) is 12.3 Å². The molecule has 0 amide bonds. The van der Waals surface area contributed by atoms with Gasteiger partial charge in [0.15, 0.2) is 0 Å². The minimum Gasteiger partial charge on any atom is -0.324 e. The predicted molar refractivity (Wildman–Crippen MR) is 70.6 cm³/mol. The molecule has 2 N–H and O–H groups in total. The summed E-state index contributed by atoms with van der Waals surface area (Å²) in [6.07, 6.45) is 7.10. The molecule has 0 unspecified atom stereocenters. The number of para-hydroxylation sites is 1. The molecule has 1 aliphatic carbocycles. The van der Waals surface area contributed by atoms with E-state index in [4.69, 9.17) is 5.73 Å². The topological polar surface area (TPSA) is 38.9 Å². The molecule has 3 rings (SSSR count). The first kappa shape index (κ1) is 10.7.